The van der Waals surface area contributed by atoms with E-state index >= 15 is 0 Å². The van der Waals surface area contributed by atoms with E-state index in [1.807, 2.05) is 25.2 Å². The van der Waals surface area contributed by atoms with Gasteiger partial charge in [0.05, 0.1) is 6.54 Å². The lowest BCUT2D eigenvalue weighted by Crippen LogP contribution is -2.52. The summed E-state index contributed by atoms with van der Waals surface area (Å²) in [7, 11) is 1.84. The van der Waals surface area contributed by atoms with Crippen molar-refractivity contribution in [1.82, 2.24) is 25.0 Å². The molecule has 0 spiro atoms. The van der Waals surface area contributed by atoms with Crippen molar-refractivity contribution in [3.8, 4) is 0 Å². The summed E-state index contributed by atoms with van der Waals surface area (Å²) in [5.74, 6) is 3.04. The molecule has 0 radical (unpaired) electrons. The highest BCUT2D eigenvalue weighted by atomic mass is 35.5. The number of anilines is 1. The molecule has 2 aliphatic heterocycles. The number of piperazine rings is 1. The molecule has 3 heterocycles. The number of benzene rings is 1. The summed E-state index contributed by atoms with van der Waals surface area (Å²) in [5, 5.41) is 12.9. The average Bonchev–Trinajstić information content (AvgIpc) is 3.12. The summed E-state index contributed by atoms with van der Waals surface area (Å²) in [4.78, 5) is 9.14. The van der Waals surface area contributed by atoms with E-state index in [0.717, 1.165) is 61.8 Å². The number of guanidine groups is 1. The first-order valence-corrected chi connectivity index (χ1v) is 9.99. The summed E-state index contributed by atoms with van der Waals surface area (Å²) in [6.07, 6.45) is 3.45. The zero-order chi connectivity index (χ0) is 18.6. The van der Waals surface area contributed by atoms with E-state index in [0.29, 0.717) is 6.54 Å². The molecule has 144 valence electrons. The third-order valence-electron chi connectivity index (χ3n) is 5.31. The van der Waals surface area contributed by atoms with Crippen molar-refractivity contribution in [3.05, 3.63) is 40.9 Å². The van der Waals surface area contributed by atoms with Crippen LogP contribution < -0.4 is 10.2 Å². The second-order valence-corrected chi connectivity index (χ2v) is 7.43. The monoisotopic (exact) mass is 387 g/mol. The highest BCUT2D eigenvalue weighted by molar-refractivity contribution is 6.30. The summed E-state index contributed by atoms with van der Waals surface area (Å²) >= 11 is 6.13. The zero-order valence-corrected chi connectivity index (χ0v) is 16.5. The van der Waals surface area contributed by atoms with E-state index in [1.54, 1.807) is 0 Å². The third kappa shape index (κ3) is 4.03. The Morgan fingerprint density at radius 2 is 2.00 bits per heavy atom. The highest BCUT2D eigenvalue weighted by Crippen LogP contribution is 2.21. The van der Waals surface area contributed by atoms with Crippen LogP contribution in [0.1, 0.15) is 24.5 Å². The number of rotatable bonds is 3. The third-order valence-corrected chi connectivity index (χ3v) is 5.54. The Kier molecular flexibility index (Phi) is 5.48. The van der Waals surface area contributed by atoms with Crippen LogP contribution in [0.4, 0.5) is 5.69 Å². The predicted octanol–water partition coefficient (Wildman–Crippen LogP) is 2.17. The van der Waals surface area contributed by atoms with Gasteiger partial charge in [0.15, 0.2) is 11.8 Å². The van der Waals surface area contributed by atoms with Crippen molar-refractivity contribution in [2.45, 2.75) is 32.4 Å². The largest absolute Gasteiger partial charge is 0.368 e. The topological polar surface area (TPSA) is 61.6 Å². The summed E-state index contributed by atoms with van der Waals surface area (Å²) in [5.41, 5.74) is 1.18. The SMILES string of the molecule is CN=C(NCc1nnc2n1CCCC2)N1CCN(c2cccc(Cl)c2)CC1. The number of nitrogens with zero attached hydrogens (tertiary/aromatic N) is 6. The molecular weight excluding hydrogens is 362 g/mol. The Balaban J connectivity index is 1.34. The van der Waals surface area contributed by atoms with Gasteiger partial charge in [-0.3, -0.25) is 4.99 Å². The number of aliphatic imine (C=N–C) groups is 1. The minimum absolute atomic E-state index is 0.661. The second kappa shape index (κ2) is 8.17. The molecule has 7 nitrogen and oxygen atoms in total. The van der Waals surface area contributed by atoms with E-state index < -0.39 is 0 Å². The number of aromatic nitrogens is 3. The molecule has 0 bridgehead atoms. The number of hydrogen-bond acceptors (Lipinski definition) is 4. The molecule has 1 aromatic carbocycles. The fourth-order valence-electron chi connectivity index (χ4n) is 3.84. The fraction of sp³-hybridized carbons (Fsp3) is 0.526. The van der Waals surface area contributed by atoms with E-state index in [9.17, 15) is 0 Å². The van der Waals surface area contributed by atoms with Crippen LogP contribution in [0.25, 0.3) is 0 Å². The highest BCUT2D eigenvalue weighted by Gasteiger charge is 2.21. The van der Waals surface area contributed by atoms with Crippen LogP contribution in [-0.4, -0.2) is 58.9 Å². The van der Waals surface area contributed by atoms with Crippen molar-refractivity contribution in [1.29, 1.82) is 0 Å². The molecule has 1 saturated heterocycles. The first kappa shape index (κ1) is 18.1. The summed E-state index contributed by atoms with van der Waals surface area (Å²) in [6, 6.07) is 8.06. The van der Waals surface area contributed by atoms with Gasteiger partial charge in [-0.25, -0.2) is 0 Å². The molecule has 0 amide bonds. The van der Waals surface area contributed by atoms with E-state index in [-0.39, 0.29) is 0 Å². The van der Waals surface area contributed by atoms with Crippen molar-refractivity contribution < 1.29 is 0 Å². The second-order valence-electron chi connectivity index (χ2n) is 7.00. The smallest absolute Gasteiger partial charge is 0.194 e. The standard InChI is InChI=1S/C19H26ClN7/c1-21-19(22-14-18-24-23-17-7-2-3-8-27(17)18)26-11-9-25(10-12-26)16-6-4-5-15(20)13-16/h4-6,13H,2-3,7-12,14H2,1H3,(H,21,22). The molecule has 8 heteroatoms. The molecule has 2 aromatic rings. The maximum absolute atomic E-state index is 6.13. The van der Waals surface area contributed by atoms with Crippen LogP contribution in [0.3, 0.4) is 0 Å². The molecule has 27 heavy (non-hydrogen) atoms. The normalized spacial score (nSPS) is 17.8. The molecule has 1 N–H and O–H groups in total. The maximum Gasteiger partial charge on any atom is 0.194 e. The van der Waals surface area contributed by atoms with Gasteiger partial charge in [-0.1, -0.05) is 17.7 Å². The lowest BCUT2D eigenvalue weighted by molar-refractivity contribution is 0.371. The van der Waals surface area contributed by atoms with E-state index in [2.05, 4.69) is 40.9 Å². The quantitative estimate of drug-likeness (QED) is 0.646. The fourth-order valence-corrected chi connectivity index (χ4v) is 4.02. The Bertz CT molecular complexity index is 808. The molecule has 1 fully saturated rings. The average molecular weight is 388 g/mol. The van der Waals surface area contributed by atoms with Crippen LogP contribution in [0.15, 0.2) is 29.3 Å². The minimum atomic E-state index is 0.661. The lowest BCUT2D eigenvalue weighted by atomic mass is 10.2. The van der Waals surface area contributed by atoms with Crippen LogP contribution in [0.2, 0.25) is 5.02 Å². The first-order chi connectivity index (χ1) is 13.2. The number of nitrogens with one attached hydrogen (secondary N) is 1. The van der Waals surface area contributed by atoms with E-state index in [4.69, 9.17) is 11.6 Å². The van der Waals surface area contributed by atoms with Gasteiger partial charge in [0.2, 0.25) is 0 Å². The Hall–Kier alpha value is -2.28. The van der Waals surface area contributed by atoms with Gasteiger partial charge in [-0.05, 0) is 31.0 Å². The first-order valence-electron chi connectivity index (χ1n) is 9.61. The van der Waals surface area contributed by atoms with Crippen LogP contribution in [0, 0.1) is 0 Å². The Morgan fingerprint density at radius 1 is 1.15 bits per heavy atom. The van der Waals surface area contributed by atoms with Gasteiger partial charge in [0, 0.05) is 56.9 Å². The van der Waals surface area contributed by atoms with Crippen molar-refractivity contribution in [3.63, 3.8) is 0 Å². The number of hydrogen-bond donors (Lipinski definition) is 1. The van der Waals surface area contributed by atoms with Gasteiger partial charge >= 0.3 is 0 Å². The maximum atomic E-state index is 6.13. The predicted molar refractivity (Wildman–Crippen MR) is 108 cm³/mol. The van der Waals surface area contributed by atoms with Crippen LogP contribution in [0.5, 0.6) is 0 Å². The van der Waals surface area contributed by atoms with Crippen LogP contribution >= 0.6 is 11.6 Å². The van der Waals surface area contributed by atoms with Gasteiger partial charge in [-0.15, -0.1) is 10.2 Å². The molecular formula is C19H26ClN7. The molecule has 0 saturated carbocycles. The number of aryl methyl sites for hydroxylation is 1. The molecule has 4 rings (SSSR count). The van der Waals surface area contributed by atoms with Gasteiger partial charge in [-0.2, -0.15) is 0 Å². The Morgan fingerprint density at radius 3 is 2.78 bits per heavy atom. The van der Waals surface area contributed by atoms with Crippen molar-refractivity contribution in [2.24, 2.45) is 4.99 Å². The molecule has 0 atom stereocenters. The zero-order valence-electron chi connectivity index (χ0n) is 15.7. The Labute approximate surface area is 165 Å². The number of fused-ring (bicyclic) bond motifs is 1. The minimum Gasteiger partial charge on any atom is -0.368 e. The molecule has 0 unspecified atom stereocenters. The number of halogens is 1. The van der Waals surface area contributed by atoms with Gasteiger partial charge < -0.3 is 19.7 Å². The lowest BCUT2D eigenvalue weighted by Gasteiger charge is -2.37. The van der Waals surface area contributed by atoms with Crippen molar-refractivity contribution in [2.75, 3.05) is 38.1 Å². The van der Waals surface area contributed by atoms with Gasteiger partial charge in [0.1, 0.15) is 5.82 Å². The van der Waals surface area contributed by atoms with Gasteiger partial charge in [0.25, 0.3) is 0 Å². The van der Waals surface area contributed by atoms with Crippen LogP contribution in [-0.2, 0) is 19.5 Å². The summed E-state index contributed by atoms with van der Waals surface area (Å²) < 4.78 is 2.25. The summed E-state index contributed by atoms with van der Waals surface area (Å²) in [6.45, 7) is 5.42. The molecule has 0 aliphatic carbocycles. The van der Waals surface area contributed by atoms with Crippen molar-refractivity contribution >= 4 is 23.2 Å². The van der Waals surface area contributed by atoms with E-state index in [1.165, 1.54) is 18.5 Å². The molecule has 2 aliphatic rings. The molecule has 1 aromatic heterocycles.